The molecule has 20 heavy (non-hydrogen) atoms. The predicted octanol–water partition coefficient (Wildman–Crippen LogP) is 1.90. The summed E-state index contributed by atoms with van der Waals surface area (Å²) in [6.45, 7) is 6.28. The highest BCUT2D eigenvalue weighted by atomic mass is 16.5. The molecule has 0 aromatic carbocycles. The van der Waals surface area contributed by atoms with Crippen LogP contribution >= 0.6 is 0 Å². The number of aromatic nitrogens is 1. The predicted molar refractivity (Wildman–Crippen MR) is 79.0 cm³/mol. The standard InChI is InChI=1S/C16H24N2O2/c1-11-8-12(2)18(10-14-4-3-7-20-14)16(19)15(11)9-17-13-5-6-13/h8,13-14,17H,3-7,9-10H2,1-2H3. The first kappa shape index (κ1) is 13.8. The van der Waals surface area contributed by atoms with Crippen LogP contribution in [0.5, 0.6) is 0 Å². The lowest BCUT2D eigenvalue weighted by Crippen LogP contribution is -2.33. The van der Waals surface area contributed by atoms with Crippen molar-refractivity contribution in [1.29, 1.82) is 0 Å². The Bertz CT molecular complexity index is 540. The molecule has 4 nitrogen and oxygen atoms in total. The molecule has 3 rings (SSSR count). The van der Waals surface area contributed by atoms with Gasteiger partial charge in [-0.15, -0.1) is 0 Å². The second kappa shape index (κ2) is 5.70. The molecule has 110 valence electrons. The van der Waals surface area contributed by atoms with E-state index in [1.54, 1.807) is 0 Å². The van der Waals surface area contributed by atoms with Gasteiger partial charge in [-0.2, -0.15) is 0 Å². The fraction of sp³-hybridized carbons (Fsp3) is 0.688. The van der Waals surface area contributed by atoms with Crippen molar-refractivity contribution >= 4 is 0 Å². The summed E-state index contributed by atoms with van der Waals surface area (Å²) in [5.74, 6) is 0. The molecule has 2 fully saturated rings. The zero-order valence-corrected chi connectivity index (χ0v) is 12.4. The Kier molecular flexibility index (Phi) is 3.94. The second-order valence-electron chi connectivity index (χ2n) is 6.15. The van der Waals surface area contributed by atoms with Crippen molar-refractivity contribution in [2.24, 2.45) is 0 Å². The van der Waals surface area contributed by atoms with E-state index >= 15 is 0 Å². The Morgan fingerprint density at radius 2 is 2.15 bits per heavy atom. The Labute approximate surface area is 120 Å². The van der Waals surface area contributed by atoms with Gasteiger partial charge in [-0.1, -0.05) is 0 Å². The average molecular weight is 276 g/mol. The molecule has 2 aliphatic rings. The van der Waals surface area contributed by atoms with Crippen LogP contribution in [-0.4, -0.2) is 23.3 Å². The summed E-state index contributed by atoms with van der Waals surface area (Å²) in [7, 11) is 0. The molecule has 1 aromatic heterocycles. The first-order valence-corrected chi connectivity index (χ1v) is 7.70. The molecule has 0 spiro atoms. The van der Waals surface area contributed by atoms with Crippen LogP contribution in [0.3, 0.4) is 0 Å². The third-order valence-corrected chi connectivity index (χ3v) is 4.39. The Hall–Kier alpha value is -1.13. The molecule has 1 aromatic rings. The zero-order chi connectivity index (χ0) is 14.1. The van der Waals surface area contributed by atoms with Crippen LogP contribution in [-0.2, 0) is 17.8 Å². The molecule has 1 N–H and O–H groups in total. The van der Waals surface area contributed by atoms with Crippen LogP contribution in [0, 0.1) is 13.8 Å². The first-order valence-electron chi connectivity index (χ1n) is 7.70. The number of nitrogens with one attached hydrogen (secondary N) is 1. The van der Waals surface area contributed by atoms with Crippen molar-refractivity contribution < 1.29 is 4.74 Å². The normalized spacial score (nSPS) is 22.4. The number of hydrogen-bond donors (Lipinski definition) is 1. The molecule has 1 saturated carbocycles. The first-order chi connectivity index (χ1) is 9.65. The maximum atomic E-state index is 12.7. The molecule has 0 radical (unpaired) electrons. The van der Waals surface area contributed by atoms with Crippen LogP contribution in [0.15, 0.2) is 10.9 Å². The Morgan fingerprint density at radius 3 is 2.80 bits per heavy atom. The zero-order valence-electron chi connectivity index (χ0n) is 12.4. The highest BCUT2D eigenvalue weighted by molar-refractivity contribution is 5.26. The third-order valence-electron chi connectivity index (χ3n) is 4.39. The molecule has 1 aliphatic carbocycles. The minimum atomic E-state index is 0.158. The summed E-state index contributed by atoms with van der Waals surface area (Å²) in [4.78, 5) is 12.7. The number of nitrogens with zero attached hydrogens (tertiary/aromatic N) is 1. The minimum Gasteiger partial charge on any atom is -0.376 e. The van der Waals surface area contributed by atoms with Gasteiger partial charge in [-0.3, -0.25) is 4.79 Å². The molecular formula is C16H24N2O2. The number of rotatable bonds is 5. The van der Waals surface area contributed by atoms with Crippen molar-refractivity contribution in [1.82, 2.24) is 9.88 Å². The van der Waals surface area contributed by atoms with Crippen molar-refractivity contribution in [2.75, 3.05) is 6.61 Å². The van der Waals surface area contributed by atoms with E-state index < -0.39 is 0 Å². The van der Waals surface area contributed by atoms with Crippen LogP contribution in [0.2, 0.25) is 0 Å². The monoisotopic (exact) mass is 276 g/mol. The number of pyridine rings is 1. The number of ether oxygens (including phenoxy) is 1. The van der Waals surface area contributed by atoms with E-state index in [9.17, 15) is 4.79 Å². The van der Waals surface area contributed by atoms with Crippen molar-refractivity contribution in [3.05, 3.63) is 33.2 Å². The molecule has 1 saturated heterocycles. The lowest BCUT2D eigenvalue weighted by molar-refractivity contribution is 0.0955. The highest BCUT2D eigenvalue weighted by Crippen LogP contribution is 2.20. The molecule has 0 amide bonds. The SMILES string of the molecule is Cc1cc(C)n(CC2CCCO2)c(=O)c1CNC1CC1. The van der Waals surface area contributed by atoms with Gasteiger partial charge in [0.05, 0.1) is 12.6 Å². The smallest absolute Gasteiger partial charge is 0.255 e. The molecule has 1 unspecified atom stereocenters. The highest BCUT2D eigenvalue weighted by Gasteiger charge is 2.22. The lowest BCUT2D eigenvalue weighted by atomic mass is 10.1. The van der Waals surface area contributed by atoms with Crippen LogP contribution in [0.25, 0.3) is 0 Å². The maximum absolute atomic E-state index is 12.7. The Balaban J connectivity index is 1.83. The summed E-state index contributed by atoms with van der Waals surface area (Å²) in [5, 5.41) is 3.45. The molecule has 0 bridgehead atoms. The van der Waals surface area contributed by atoms with Gasteiger partial charge in [-0.05, 0) is 51.2 Å². The Morgan fingerprint density at radius 1 is 1.35 bits per heavy atom. The second-order valence-corrected chi connectivity index (χ2v) is 6.15. The molecule has 1 aliphatic heterocycles. The maximum Gasteiger partial charge on any atom is 0.255 e. The number of hydrogen-bond acceptors (Lipinski definition) is 3. The quantitative estimate of drug-likeness (QED) is 0.893. The summed E-state index contributed by atoms with van der Waals surface area (Å²) in [6, 6.07) is 2.75. The van der Waals surface area contributed by atoms with Crippen LogP contribution in [0.4, 0.5) is 0 Å². The molecular weight excluding hydrogens is 252 g/mol. The van der Waals surface area contributed by atoms with Gasteiger partial charge in [0.15, 0.2) is 0 Å². The van der Waals surface area contributed by atoms with E-state index in [-0.39, 0.29) is 11.7 Å². The van der Waals surface area contributed by atoms with E-state index in [1.165, 1.54) is 12.8 Å². The molecule has 4 heteroatoms. The van der Waals surface area contributed by atoms with Crippen LogP contribution < -0.4 is 10.9 Å². The largest absolute Gasteiger partial charge is 0.376 e. The van der Waals surface area contributed by atoms with E-state index in [0.717, 1.165) is 36.3 Å². The van der Waals surface area contributed by atoms with E-state index in [1.807, 2.05) is 18.4 Å². The van der Waals surface area contributed by atoms with Gasteiger partial charge in [0, 0.05) is 30.5 Å². The van der Waals surface area contributed by atoms with E-state index in [0.29, 0.717) is 19.1 Å². The topological polar surface area (TPSA) is 43.3 Å². The number of aryl methyl sites for hydroxylation is 2. The van der Waals surface area contributed by atoms with Crippen molar-refractivity contribution in [2.45, 2.75) is 64.8 Å². The van der Waals surface area contributed by atoms with E-state index in [2.05, 4.69) is 11.4 Å². The molecule has 1 atom stereocenters. The van der Waals surface area contributed by atoms with E-state index in [4.69, 9.17) is 4.74 Å². The van der Waals surface area contributed by atoms with Gasteiger partial charge in [0.2, 0.25) is 0 Å². The summed E-state index contributed by atoms with van der Waals surface area (Å²) >= 11 is 0. The van der Waals surface area contributed by atoms with Gasteiger partial charge < -0.3 is 14.6 Å². The lowest BCUT2D eigenvalue weighted by Gasteiger charge is -2.17. The van der Waals surface area contributed by atoms with Crippen molar-refractivity contribution in [3.63, 3.8) is 0 Å². The van der Waals surface area contributed by atoms with Crippen molar-refractivity contribution in [3.8, 4) is 0 Å². The van der Waals surface area contributed by atoms with Crippen LogP contribution in [0.1, 0.15) is 42.5 Å². The summed E-state index contributed by atoms with van der Waals surface area (Å²) < 4.78 is 7.57. The average Bonchev–Trinajstić information content (AvgIpc) is 3.09. The third kappa shape index (κ3) is 2.96. The van der Waals surface area contributed by atoms with Gasteiger partial charge in [0.25, 0.3) is 5.56 Å². The fourth-order valence-electron chi connectivity index (χ4n) is 2.94. The fourth-order valence-corrected chi connectivity index (χ4v) is 2.94. The van der Waals surface area contributed by atoms with Gasteiger partial charge in [0.1, 0.15) is 0 Å². The molecule has 2 heterocycles. The summed E-state index contributed by atoms with van der Waals surface area (Å²) in [6.07, 6.45) is 4.87. The van der Waals surface area contributed by atoms with Gasteiger partial charge in [-0.25, -0.2) is 0 Å². The van der Waals surface area contributed by atoms with Gasteiger partial charge >= 0.3 is 0 Å². The summed E-state index contributed by atoms with van der Waals surface area (Å²) in [5.41, 5.74) is 3.22. The minimum absolute atomic E-state index is 0.158.